The van der Waals surface area contributed by atoms with Gasteiger partial charge in [0.05, 0.1) is 13.2 Å². The van der Waals surface area contributed by atoms with Gasteiger partial charge in [0.25, 0.3) is 0 Å². The van der Waals surface area contributed by atoms with Gasteiger partial charge in [0.2, 0.25) is 5.91 Å². The molecule has 0 spiro atoms. The van der Waals surface area contributed by atoms with Crippen molar-refractivity contribution < 1.29 is 9.53 Å². The van der Waals surface area contributed by atoms with Crippen molar-refractivity contribution in [2.75, 3.05) is 7.11 Å². The number of ether oxygens (including phenoxy) is 1. The summed E-state index contributed by atoms with van der Waals surface area (Å²) in [6.45, 7) is 2.05. The second-order valence-corrected chi connectivity index (χ2v) is 6.28. The zero-order valence-electron chi connectivity index (χ0n) is 12.3. The monoisotopic (exact) mass is 273 g/mol. The first-order valence-electron chi connectivity index (χ1n) is 7.61. The number of carbonyl (C=O) groups is 1. The van der Waals surface area contributed by atoms with Gasteiger partial charge in [0, 0.05) is 5.92 Å². The zero-order valence-corrected chi connectivity index (χ0v) is 12.3. The molecule has 1 amide bonds. The van der Waals surface area contributed by atoms with Crippen molar-refractivity contribution in [2.24, 2.45) is 17.8 Å². The Morgan fingerprint density at radius 1 is 1.25 bits per heavy atom. The smallest absolute Gasteiger partial charge is 0.223 e. The molecule has 3 nitrogen and oxygen atoms in total. The first kappa shape index (κ1) is 13.5. The molecule has 0 aliphatic heterocycles. The molecule has 108 valence electrons. The number of carbonyl (C=O) groups excluding carboxylic acids is 1. The van der Waals surface area contributed by atoms with E-state index < -0.39 is 0 Å². The van der Waals surface area contributed by atoms with Crippen LogP contribution in [0.3, 0.4) is 0 Å². The molecule has 1 aromatic rings. The first-order valence-corrected chi connectivity index (χ1v) is 7.61. The van der Waals surface area contributed by atoms with E-state index in [-0.39, 0.29) is 17.9 Å². The van der Waals surface area contributed by atoms with E-state index in [0.29, 0.717) is 5.92 Å². The number of nitrogens with one attached hydrogen (secondary N) is 1. The largest absolute Gasteiger partial charge is 0.497 e. The summed E-state index contributed by atoms with van der Waals surface area (Å²) in [5.74, 6) is 2.81. The van der Waals surface area contributed by atoms with Crippen LogP contribution in [0, 0.1) is 17.8 Å². The number of hydrogen-bond donors (Lipinski definition) is 1. The fourth-order valence-corrected chi connectivity index (χ4v) is 3.86. The van der Waals surface area contributed by atoms with Crippen LogP contribution in [-0.4, -0.2) is 13.0 Å². The van der Waals surface area contributed by atoms with Crippen LogP contribution in [0.15, 0.2) is 24.3 Å². The van der Waals surface area contributed by atoms with Gasteiger partial charge in [-0.25, -0.2) is 0 Å². The highest BCUT2D eigenvalue weighted by atomic mass is 16.5. The van der Waals surface area contributed by atoms with E-state index >= 15 is 0 Å². The van der Waals surface area contributed by atoms with Crippen molar-refractivity contribution in [1.29, 1.82) is 0 Å². The lowest BCUT2D eigenvalue weighted by Crippen LogP contribution is -2.35. The van der Waals surface area contributed by atoms with Crippen molar-refractivity contribution in [3.05, 3.63) is 29.8 Å². The molecule has 4 atom stereocenters. The Bertz CT molecular complexity index is 482. The van der Waals surface area contributed by atoms with Crippen LogP contribution >= 0.6 is 0 Å². The molecule has 2 bridgehead atoms. The average Bonchev–Trinajstić information content (AvgIpc) is 3.10. The van der Waals surface area contributed by atoms with E-state index in [4.69, 9.17) is 4.74 Å². The second-order valence-electron chi connectivity index (χ2n) is 6.28. The summed E-state index contributed by atoms with van der Waals surface area (Å²) in [6.07, 6.45) is 4.96. The van der Waals surface area contributed by atoms with Crippen LogP contribution in [0.1, 0.15) is 44.2 Å². The van der Waals surface area contributed by atoms with Gasteiger partial charge < -0.3 is 10.1 Å². The normalized spacial score (nSPS) is 29.2. The number of benzene rings is 1. The fraction of sp³-hybridized carbons (Fsp3) is 0.588. The number of rotatable bonds is 4. The molecule has 0 heterocycles. The van der Waals surface area contributed by atoms with E-state index in [1.54, 1.807) is 7.11 Å². The minimum atomic E-state index is 0.0625. The van der Waals surface area contributed by atoms with Crippen molar-refractivity contribution in [2.45, 2.75) is 38.6 Å². The minimum absolute atomic E-state index is 0.0625. The molecule has 0 radical (unpaired) electrons. The Hall–Kier alpha value is -1.51. The van der Waals surface area contributed by atoms with E-state index in [0.717, 1.165) is 23.7 Å². The molecule has 0 aromatic heterocycles. The Kier molecular flexibility index (Phi) is 3.68. The van der Waals surface area contributed by atoms with Gasteiger partial charge in [-0.15, -0.1) is 0 Å². The van der Waals surface area contributed by atoms with Crippen LogP contribution in [0.4, 0.5) is 0 Å². The maximum atomic E-state index is 12.4. The second kappa shape index (κ2) is 5.47. The molecule has 2 aliphatic carbocycles. The highest BCUT2D eigenvalue weighted by molar-refractivity contribution is 5.80. The van der Waals surface area contributed by atoms with Crippen molar-refractivity contribution in [3.63, 3.8) is 0 Å². The Labute approximate surface area is 120 Å². The zero-order chi connectivity index (χ0) is 14.1. The van der Waals surface area contributed by atoms with E-state index in [9.17, 15) is 4.79 Å². The number of fused-ring (bicyclic) bond motifs is 2. The van der Waals surface area contributed by atoms with Gasteiger partial charge in [-0.1, -0.05) is 18.6 Å². The van der Waals surface area contributed by atoms with E-state index in [1.807, 2.05) is 31.2 Å². The third-order valence-electron chi connectivity index (χ3n) is 5.05. The summed E-state index contributed by atoms with van der Waals surface area (Å²) in [5, 5.41) is 3.18. The summed E-state index contributed by atoms with van der Waals surface area (Å²) < 4.78 is 5.16. The summed E-state index contributed by atoms with van der Waals surface area (Å²) in [5.41, 5.74) is 1.13. The Balaban J connectivity index is 1.60. The molecule has 0 saturated heterocycles. The van der Waals surface area contributed by atoms with Gasteiger partial charge >= 0.3 is 0 Å². The molecule has 3 rings (SSSR count). The third kappa shape index (κ3) is 2.54. The molecule has 2 fully saturated rings. The first-order chi connectivity index (χ1) is 9.67. The maximum absolute atomic E-state index is 12.4. The number of methoxy groups -OCH3 is 1. The van der Waals surface area contributed by atoms with Gasteiger partial charge in [0.1, 0.15) is 5.75 Å². The van der Waals surface area contributed by atoms with Crippen LogP contribution < -0.4 is 10.1 Å². The number of hydrogen-bond acceptors (Lipinski definition) is 2. The summed E-state index contributed by atoms with van der Waals surface area (Å²) in [6, 6.07) is 7.98. The lowest BCUT2D eigenvalue weighted by Gasteiger charge is -2.23. The number of amides is 1. The SMILES string of the molecule is COc1ccc(C(C)NC(=O)C2CC3CCC2C3)cc1. The van der Waals surface area contributed by atoms with Crippen LogP contribution in [0.2, 0.25) is 0 Å². The predicted octanol–water partition coefficient (Wildman–Crippen LogP) is 3.31. The highest BCUT2D eigenvalue weighted by Crippen LogP contribution is 2.48. The Morgan fingerprint density at radius 3 is 2.55 bits per heavy atom. The van der Waals surface area contributed by atoms with Crippen LogP contribution in [0.5, 0.6) is 5.75 Å². The lowest BCUT2D eigenvalue weighted by atomic mass is 9.88. The van der Waals surface area contributed by atoms with Gasteiger partial charge in [0.15, 0.2) is 0 Å². The van der Waals surface area contributed by atoms with Crippen molar-refractivity contribution in [1.82, 2.24) is 5.32 Å². The molecule has 2 aliphatic rings. The summed E-state index contributed by atoms with van der Waals surface area (Å²) >= 11 is 0. The Morgan fingerprint density at radius 2 is 2.00 bits per heavy atom. The fourth-order valence-electron chi connectivity index (χ4n) is 3.86. The highest BCUT2D eigenvalue weighted by Gasteiger charge is 2.43. The summed E-state index contributed by atoms with van der Waals surface area (Å²) in [4.78, 5) is 12.4. The van der Waals surface area contributed by atoms with Crippen molar-refractivity contribution in [3.8, 4) is 5.75 Å². The van der Waals surface area contributed by atoms with Crippen LogP contribution in [-0.2, 0) is 4.79 Å². The van der Waals surface area contributed by atoms with Crippen LogP contribution in [0.25, 0.3) is 0 Å². The molecular formula is C17H23NO2. The maximum Gasteiger partial charge on any atom is 0.223 e. The van der Waals surface area contributed by atoms with Gasteiger partial charge in [-0.2, -0.15) is 0 Å². The molecule has 4 unspecified atom stereocenters. The molecule has 20 heavy (non-hydrogen) atoms. The average molecular weight is 273 g/mol. The van der Waals surface area contributed by atoms with Crippen molar-refractivity contribution >= 4 is 5.91 Å². The molecule has 3 heteroatoms. The van der Waals surface area contributed by atoms with E-state index in [1.165, 1.54) is 19.3 Å². The predicted molar refractivity (Wildman–Crippen MR) is 78.5 cm³/mol. The van der Waals surface area contributed by atoms with Gasteiger partial charge in [-0.3, -0.25) is 4.79 Å². The van der Waals surface area contributed by atoms with Gasteiger partial charge in [-0.05, 0) is 55.7 Å². The molecule has 1 aromatic carbocycles. The van der Waals surface area contributed by atoms with E-state index in [2.05, 4.69) is 5.32 Å². The minimum Gasteiger partial charge on any atom is -0.497 e. The standard InChI is InChI=1S/C17H23NO2/c1-11(13-5-7-15(20-2)8-6-13)18-17(19)16-10-12-3-4-14(16)9-12/h5-8,11-12,14,16H,3-4,9-10H2,1-2H3,(H,18,19). The molecule has 1 N–H and O–H groups in total. The topological polar surface area (TPSA) is 38.3 Å². The quantitative estimate of drug-likeness (QED) is 0.914. The summed E-state index contributed by atoms with van der Waals surface area (Å²) in [7, 11) is 1.66. The third-order valence-corrected chi connectivity index (χ3v) is 5.05. The molecular weight excluding hydrogens is 250 g/mol. The molecule has 2 saturated carbocycles. The lowest BCUT2D eigenvalue weighted by molar-refractivity contribution is -0.127.